The summed E-state index contributed by atoms with van der Waals surface area (Å²) >= 11 is 6.21. The van der Waals surface area contributed by atoms with Crippen LogP contribution in [0.25, 0.3) is 5.76 Å². The van der Waals surface area contributed by atoms with E-state index in [2.05, 4.69) is 55.4 Å². The van der Waals surface area contributed by atoms with E-state index < -0.39 is 17.7 Å². The lowest BCUT2D eigenvalue weighted by molar-refractivity contribution is -0.132. The summed E-state index contributed by atoms with van der Waals surface area (Å²) in [6, 6.07) is 17.8. The number of rotatable bonds is 6. The molecule has 1 N–H and O–H groups in total. The van der Waals surface area contributed by atoms with Crippen LogP contribution in [0.15, 0.2) is 87.4 Å². The summed E-state index contributed by atoms with van der Waals surface area (Å²) in [6.07, 6.45) is 3.03. The van der Waals surface area contributed by atoms with Crippen molar-refractivity contribution in [1.82, 2.24) is 15.2 Å². The maximum atomic E-state index is 13.3. The summed E-state index contributed by atoms with van der Waals surface area (Å²) in [5.74, 6) is -1.10. The minimum absolute atomic E-state index is 0.00615. The van der Waals surface area contributed by atoms with E-state index in [0.29, 0.717) is 26.4 Å². The first kappa shape index (κ1) is 24.4. The number of carbonyl (C=O) groups excluding carboxylic acids is 2. The average molecular weight is 580 g/mol. The number of carbonyl (C=O) groups is 2. The molecule has 10 heteroatoms. The van der Waals surface area contributed by atoms with Gasteiger partial charge in [0, 0.05) is 28.2 Å². The van der Waals surface area contributed by atoms with Gasteiger partial charge in [-0.05, 0) is 42.3 Å². The Morgan fingerprint density at radius 1 is 1.08 bits per heavy atom. The summed E-state index contributed by atoms with van der Waals surface area (Å²) in [5, 5.41) is 19.9. The van der Waals surface area contributed by atoms with E-state index in [-0.39, 0.29) is 11.3 Å². The molecule has 7 nitrogen and oxygen atoms in total. The predicted molar refractivity (Wildman–Crippen MR) is 144 cm³/mol. The van der Waals surface area contributed by atoms with Gasteiger partial charge in [-0.2, -0.15) is 0 Å². The van der Waals surface area contributed by atoms with Gasteiger partial charge in [0.2, 0.25) is 5.13 Å². The number of aryl methyl sites for hydroxylation is 1. The Bertz CT molecular complexity index is 1470. The second-order valence-electron chi connectivity index (χ2n) is 8.08. The van der Waals surface area contributed by atoms with E-state index in [1.165, 1.54) is 46.0 Å². The van der Waals surface area contributed by atoms with E-state index in [1.54, 1.807) is 12.1 Å². The lowest BCUT2D eigenvalue weighted by Crippen LogP contribution is -2.29. The summed E-state index contributed by atoms with van der Waals surface area (Å²) in [6.45, 7) is 2.04. The molecule has 0 spiro atoms. The highest BCUT2D eigenvalue weighted by molar-refractivity contribution is 9.10. The molecule has 36 heavy (non-hydrogen) atoms. The van der Waals surface area contributed by atoms with Gasteiger partial charge in [-0.3, -0.25) is 19.5 Å². The monoisotopic (exact) mass is 578 g/mol. The first-order chi connectivity index (χ1) is 17.4. The Balaban J connectivity index is 1.53. The zero-order chi connectivity index (χ0) is 25.2. The molecule has 1 saturated heterocycles. The van der Waals surface area contributed by atoms with Crippen molar-refractivity contribution in [2.24, 2.45) is 0 Å². The minimum Gasteiger partial charge on any atom is -0.507 e. The van der Waals surface area contributed by atoms with Gasteiger partial charge in [-0.15, -0.1) is 10.2 Å². The van der Waals surface area contributed by atoms with Crippen molar-refractivity contribution in [2.75, 3.05) is 4.90 Å². The van der Waals surface area contributed by atoms with Gasteiger partial charge in [0.1, 0.15) is 5.76 Å². The minimum atomic E-state index is -0.862. The molecule has 0 aliphatic carbocycles. The van der Waals surface area contributed by atoms with Crippen molar-refractivity contribution >= 4 is 61.6 Å². The van der Waals surface area contributed by atoms with Crippen molar-refractivity contribution in [3.05, 3.63) is 105 Å². The fourth-order valence-corrected chi connectivity index (χ4v) is 6.12. The summed E-state index contributed by atoms with van der Waals surface area (Å²) in [7, 11) is 0. The van der Waals surface area contributed by atoms with E-state index in [4.69, 9.17) is 0 Å². The number of hydrogen-bond acceptors (Lipinski definition) is 8. The predicted octanol–water partition coefficient (Wildman–Crippen LogP) is 5.92. The molecular weight excluding hydrogens is 560 g/mol. The molecule has 0 radical (unpaired) electrons. The molecule has 5 rings (SSSR count). The van der Waals surface area contributed by atoms with Gasteiger partial charge >= 0.3 is 5.91 Å². The van der Waals surface area contributed by atoms with Gasteiger partial charge in [0.15, 0.2) is 4.34 Å². The molecule has 1 atom stereocenters. The first-order valence-electron chi connectivity index (χ1n) is 10.9. The van der Waals surface area contributed by atoms with Gasteiger partial charge in [0.25, 0.3) is 5.78 Å². The summed E-state index contributed by atoms with van der Waals surface area (Å²) in [4.78, 5) is 31.8. The Morgan fingerprint density at radius 2 is 1.83 bits per heavy atom. The summed E-state index contributed by atoms with van der Waals surface area (Å²) in [5.41, 5.74) is 3.39. The number of anilines is 1. The second kappa shape index (κ2) is 10.3. The zero-order valence-electron chi connectivity index (χ0n) is 19.0. The standard InChI is InChI=1S/C26H19BrN4O3S2/c1-15-5-7-16(8-6-15)14-35-26-30-29-25(36-26)31-21(18-3-2-4-19(27)13-18)20(23(33)24(31)34)22(32)17-9-11-28-12-10-17/h2-13,21,32H,14H2,1H3. The Kier molecular flexibility index (Phi) is 6.99. The maximum absolute atomic E-state index is 13.3. The third-order valence-electron chi connectivity index (χ3n) is 5.65. The van der Waals surface area contributed by atoms with Crippen LogP contribution in [-0.2, 0) is 15.3 Å². The van der Waals surface area contributed by atoms with E-state index in [9.17, 15) is 14.7 Å². The highest BCUT2D eigenvalue weighted by Gasteiger charge is 2.48. The maximum Gasteiger partial charge on any atom is 0.301 e. The third-order valence-corrected chi connectivity index (χ3v) is 8.27. The number of aliphatic hydroxyl groups excluding tert-OH is 1. The molecule has 1 aliphatic heterocycles. The number of benzene rings is 2. The lowest BCUT2D eigenvalue weighted by Gasteiger charge is -2.22. The van der Waals surface area contributed by atoms with Crippen molar-refractivity contribution < 1.29 is 14.7 Å². The van der Waals surface area contributed by atoms with Crippen LogP contribution < -0.4 is 4.90 Å². The number of hydrogen-bond donors (Lipinski definition) is 1. The number of thioether (sulfide) groups is 1. The topological polar surface area (TPSA) is 96.3 Å². The number of halogens is 1. The number of Topliss-reactive ketones (excluding diaryl/α,β-unsaturated/α-hetero) is 1. The van der Waals surface area contributed by atoms with Crippen LogP contribution >= 0.6 is 39.0 Å². The number of nitrogens with zero attached hydrogens (tertiary/aromatic N) is 4. The fraction of sp³-hybridized carbons (Fsp3) is 0.115. The SMILES string of the molecule is Cc1ccc(CSc2nnc(N3C(=O)C(=O)C(=C(O)c4ccncc4)C3c3cccc(Br)c3)s2)cc1. The molecule has 1 amide bonds. The van der Waals surface area contributed by atoms with Crippen LogP contribution in [0.3, 0.4) is 0 Å². The molecule has 0 saturated carbocycles. The third kappa shape index (κ3) is 4.84. The quantitative estimate of drug-likeness (QED) is 0.0996. The molecule has 1 unspecified atom stereocenters. The zero-order valence-corrected chi connectivity index (χ0v) is 22.2. The number of aromatic nitrogens is 3. The molecule has 180 valence electrons. The molecule has 3 heterocycles. The van der Waals surface area contributed by atoms with E-state index >= 15 is 0 Å². The van der Waals surface area contributed by atoms with Crippen LogP contribution in [0, 0.1) is 6.92 Å². The number of amides is 1. The van der Waals surface area contributed by atoms with E-state index in [0.717, 1.165) is 10.0 Å². The van der Waals surface area contributed by atoms with Gasteiger partial charge in [-0.25, -0.2) is 0 Å². The highest BCUT2D eigenvalue weighted by Crippen LogP contribution is 2.44. The number of aliphatic hydroxyl groups is 1. The Hall–Kier alpha value is -3.34. The Morgan fingerprint density at radius 3 is 2.56 bits per heavy atom. The van der Waals surface area contributed by atoms with Crippen molar-refractivity contribution in [3.63, 3.8) is 0 Å². The molecule has 2 aromatic heterocycles. The van der Waals surface area contributed by atoms with Crippen LogP contribution in [0.1, 0.15) is 28.3 Å². The van der Waals surface area contributed by atoms with Gasteiger partial charge in [0.05, 0.1) is 11.6 Å². The second-order valence-corrected chi connectivity index (χ2v) is 11.2. The molecule has 2 aromatic carbocycles. The molecule has 1 fully saturated rings. The number of pyridine rings is 1. The molecular formula is C26H19BrN4O3S2. The van der Waals surface area contributed by atoms with Crippen molar-refractivity contribution in [1.29, 1.82) is 0 Å². The van der Waals surface area contributed by atoms with Crippen molar-refractivity contribution in [2.45, 2.75) is 23.1 Å². The normalized spacial score (nSPS) is 17.1. The number of ketones is 1. The smallest absolute Gasteiger partial charge is 0.301 e. The Labute approximate surface area is 224 Å². The average Bonchev–Trinajstić information content (AvgIpc) is 3.46. The van der Waals surface area contributed by atoms with Crippen LogP contribution in [0.4, 0.5) is 5.13 Å². The van der Waals surface area contributed by atoms with Crippen molar-refractivity contribution in [3.8, 4) is 0 Å². The fourth-order valence-electron chi connectivity index (χ4n) is 3.87. The van der Waals surface area contributed by atoms with Crippen LogP contribution in [0.2, 0.25) is 0 Å². The molecule has 1 aliphatic rings. The molecule has 0 bridgehead atoms. The van der Waals surface area contributed by atoms with Crippen LogP contribution in [-0.4, -0.2) is 32.0 Å². The highest BCUT2D eigenvalue weighted by atomic mass is 79.9. The summed E-state index contributed by atoms with van der Waals surface area (Å²) < 4.78 is 1.45. The van der Waals surface area contributed by atoms with Gasteiger partial charge in [-0.1, -0.05) is 81.0 Å². The van der Waals surface area contributed by atoms with Gasteiger partial charge < -0.3 is 5.11 Å². The molecule has 4 aromatic rings. The largest absolute Gasteiger partial charge is 0.507 e. The van der Waals surface area contributed by atoms with Crippen LogP contribution in [0.5, 0.6) is 0 Å². The van der Waals surface area contributed by atoms with E-state index in [1.807, 2.05) is 31.2 Å². The first-order valence-corrected chi connectivity index (χ1v) is 13.5. The lowest BCUT2D eigenvalue weighted by atomic mass is 9.96.